The Morgan fingerprint density at radius 3 is 2.68 bits per heavy atom. The summed E-state index contributed by atoms with van der Waals surface area (Å²) in [6, 6.07) is 0. The van der Waals surface area contributed by atoms with Gasteiger partial charge in [0.15, 0.2) is 0 Å². The van der Waals surface area contributed by atoms with E-state index >= 15 is 0 Å². The van der Waals surface area contributed by atoms with Crippen LogP contribution in [0.3, 0.4) is 0 Å². The fourth-order valence-corrected chi connectivity index (χ4v) is 2.19. The van der Waals surface area contributed by atoms with Crippen LogP contribution in [0, 0.1) is 5.92 Å². The highest BCUT2D eigenvalue weighted by molar-refractivity contribution is 5.89. The summed E-state index contributed by atoms with van der Waals surface area (Å²) in [5, 5.41) is 11.3. The summed E-state index contributed by atoms with van der Waals surface area (Å²) in [6.45, 7) is 3.62. The zero-order valence-electron chi connectivity index (χ0n) is 11.4. The first kappa shape index (κ1) is 15.5. The third-order valence-corrected chi connectivity index (χ3v) is 3.33. The number of nitrogens with one attached hydrogen (secondary N) is 1. The highest BCUT2D eigenvalue weighted by Crippen LogP contribution is 2.17. The second-order valence-corrected chi connectivity index (χ2v) is 4.83. The zero-order valence-corrected chi connectivity index (χ0v) is 11.4. The van der Waals surface area contributed by atoms with Crippen LogP contribution >= 0.6 is 0 Å². The van der Waals surface area contributed by atoms with Crippen LogP contribution in [0.5, 0.6) is 0 Å². The smallest absolute Gasteiger partial charge is 0.303 e. The lowest BCUT2D eigenvalue weighted by Crippen LogP contribution is -2.33. The van der Waals surface area contributed by atoms with Gasteiger partial charge in [-0.05, 0) is 19.8 Å². The predicted molar refractivity (Wildman–Crippen MR) is 69.5 cm³/mol. The molecule has 0 radical (unpaired) electrons. The lowest BCUT2D eigenvalue weighted by atomic mass is 10.1. The first-order chi connectivity index (χ1) is 9.04. The molecule has 1 aliphatic rings. The van der Waals surface area contributed by atoms with Crippen molar-refractivity contribution in [3.63, 3.8) is 0 Å². The monoisotopic (exact) mass is 270 g/mol. The maximum atomic E-state index is 11.8. The minimum Gasteiger partial charge on any atom is -0.481 e. The summed E-state index contributed by atoms with van der Waals surface area (Å²) in [6.07, 6.45) is 2.68. The van der Waals surface area contributed by atoms with Crippen molar-refractivity contribution < 1.29 is 19.5 Å². The summed E-state index contributed by atoms with van der Waals surface area (Å²) in [4.78, 5) is 35.3. The molecule has 0 saturated carbocycles. The van der Waals surface area contributed by atoms with Crippen molar-refractivity contribution in [2.75, 3.05) is 19.6 Å². The third-order valence-electron chi connectivity index (χ3n) is 3.33. The molecular weight excluding hydrogens is 248 g/mol. The number of likely N-dealkylation sites (tertiary alicyclic amines) is 1. The SMILES string of the molecule is CCN1CC(C(=O)NCCCCCC(=O)O)CC1=O. The average Bonchev–Trinajstić information content (AvgIpc) is 2.74. The molecule has 1 atom stereocenters. The van der Waals surface area contributed by atoms with Gasteiger partial charge >= 0.3 is 5.97 Å². The molecular formula is C13H22N2O4. The van der Waals surface area contributed by atoms with Gasteiger partial charge in [-0.25, -0.2) is 0 Å². The standard InChI is InChI=1S/C13H22N2O4/c1-2-15-9-10(8-11(15)16)13(19)14-7-5-3-4-6-12(17)18/h10H,2-9H2,1H3,(H,14,19)(H,17,18). The number of carboxylic acids is 1. The Labute approximate surface area is 113 Å². The molecule has 6 heteroatoms. The molecule has 2 N–H and O–H groups in total. The number of carbonyl (C=O) groups excluding carboxylic acids is 2. The van der Waals surface area contributed by atoms with Crippen LogP contribution in [0.15, 0.2) is 0 Å². The van der Waals surface area contributed by atoms with Gasteiger partial charge in [0.1, 0.15) is 0 Å². The van der Waals surface area contributed by atoms with E-state index in [0.29, 0.717) is 32.5 Å². The predicted octanol–water partition coefficient (Wildman–Crippen LogP) is 0.616. The van der Waals surface area contributed by atoms with Gasteiger partial charge < -0.3 is 15.3 Å². The van der Waals surface area contributed by atoms with Crippen LogP contribution in [0.1, 0.15) is 39.0 Å². The molecule has 0 aromatic rings. The number of carboxylic acid groups (broad SMARTS) is 1. The molecule has 0 spiro atoms. The molecule has 6 nitrogen and oxygen atoms in total. The van der Waals surface area contributed by atoms with Crippen LogP contribution < -0.4 is 5.32 Å². The molecule has 1 saturated heterocycles. The van der Waals surface area contributed by atoms with E-state index in [2.05, 4.69) is 5.32 Å². The van der Waals surface area contributed by atoms with Crippen molar-refractivity contribution in [1.82, 2.24) is 10.2 Å². The molecule has 1 rings (SSSR count). The van der Waals surface area contributed by atoms with E-state index < -0.39 is 5.97 Å². The highest BCUT2D eigenvalue weighted by Gasteiger charge is 2.32. The molecule has 19 heavy (non-hydrogen) atoms. The van der Waals surface area contributed by atoms with Crippen LogP contribution in [0.4, 0.5) is 0 Å². The lowest BCUT2D eigenvalue weighted by molar-refractivity contribution is -0.137. The van der Waals surface area contributed by atoms with Crippen molar-refractivity contribution in [3.05, 3.63) is 0 Å². The van der Waals surface area contributed by atoms with Crippen LogP contribution in [0.2, 0.25) is 0 Å². The highest BCUT2D eigenvalue weighted by atomic mass is 16.4. The van der Waals surface area contributed by atoms with Gasteiger partial charge in [-0.2, -0.15) is 0 Å². The zero-order chi connectivity index (χ0) is 14.3. The number of carbonyl (C=O) groups is 3. The molecule has 1 heterocycles. The molecule has 1 aliphatic heterocycles. The van der Waals surface area contributed by atoms with Gasteiger partial charge in [0, 0.05) is 32.5 Å². The quantitative estimate of drug-likeness (QED) is 0.633. The number of nitrogens with zero attached hydrogens (tertiary/aromatic N) is 1. The second kappa shape index (κ2) is 7.76. The first-order valence-electron chi connectivity index (χ1n) is 6.81. The van der Waals surface area contributed by atoms with Gasteiger partial charge in [0.25, 0.3) is 0 Å². The van der Waals surface area contributed by atoms with E-state index in [1.165, 1.54) is 0 Å². The second-order valence-electron chi connectivity index (χ2n) is 4.83. The fourth-order valence-electron chi connectivity index (χ4n) is 2.19. The maximum absolute atomic E-state index is 11.8. The molecule has 2 amide bonds. The minimum absolute atomic E-state index is 0.0455. The Morgan fingerprint density at radius 2 is 2.11 bits per heavy atom. The molecule has 0 bridgehead atoms. The first-order valence-corrected chi connectivity index (χ1v) is 6.81. The van der Waals surface area contributed by atoms with Crippen LogP contribution in [-0.4, -0.2) is 47.4 Å². The average molecular weight is 270 g/mol. The fraction of sp³-hybridized carbons (Fsp3) is 0.769. The summed E-state index contributed by atoms with van der Waals surface area (Å²) in [5.74, 6) is -1.04. The molecule has 108 valence electrons. The van der Waals surface area contributed by atoms with E-state index in [-0.39, 0.29) is 24.2 Å². The summed E-state index contributed by atoms with van der Waals surface area (Å²) in [5.41, 5.74) is 0. The lowest BCUT2D eigenvalue weighted by Gasteiger charge is -2.13. The number of unbranched alkanes of at least 4 members (excludes halogenated alkanes) is 2. The Hall–Kier alpha value is -1.59. The number of aliphatic carboxylic acids is 1. The summed E-state index contributed by atoms with van der Waals surface area (Å²) >= 11 is 0. The Balaban J connectivity index is 2.12. The number of rotatable bonds is 8. The van der Waals surface area contributed by atoms with Gasteiger partial charge in [0.2, 0.25) is 11.8 Å². The van der Waals surface area contributed by atoms with E-state index in [1.54, 1.807) is 4.90 Å². The van der Waals surface area contributed by atoms with E-state index in [4.69, 9.17) is 5.11 Å². The minimum atomic E-state index is -0.784. The van der Waals surface area contributed by atoms with E-state index in [9.17, 15) is 14.4 Å². The van der Waals surface area contributed by atoms with Crippen molar-refractivity contribution in [2.24, 2.45) is 5.92 Å². The summed E-state index contributed by atoms with van der Waals surface area (Å²) in [7, 11) is 0. The maximum Gasteiger partial charge on any atom is 0.303 e. The van der Waals surface area contributed by atoms with Crippen molar-refractivity contribution >= 4 is 17.8 Å². The number of hydrogen-bond donors (Lipinski definition) is 2. The number of amides is 2. The molecule has 0 aromatic carbocycles. The van der Waals surface area contributed by atoms with Gasteiger partial charge in [-0.3, -0.25) is 14.4 Å². The third kappa shape index (κ3) is 5.28. The van der Waals surface area contributed by atoms with Gasteiger partial charge in [-0.1, -0.05) is 6.42 Å². The Kier molecular flexibility index (Phi) is 6.32. The molecule has 1 unspecified atom stereocenters. The Morgan fingerprint density at radius 1 is 1.37 bits per heavy atom. The molecule has 1 fully saturated rings. The van der Waals surface area contributed by atoms with E-state index in [0.717, 1.165) is 12.8 Å². The Bertz CT molecular complexity index is 344. The van der Waals surface area contributed by atoms with Crippen LogP contribution in [0.25, 0.3) is 0 Å². The summed E-state index contributed by atoms with van der Waals surface area (Å²) < 4.78 is 0. The van der Waals surface area contributed by atoms with E-state index in [1.807, 2.05) is 6.92 Å². The van der Waals surface area contributed by atoms with Gasteiger partial charge in [0.05, 0.1) is 5.92 Å². The van der Waals surface area contributed by atoms with Crippen molar-refractivity contribution in [2.45, 2.75) is 39.0 Å². The molecule has 0 aliphatic carbocycles. The normalized spacial score (nSPS) is 18.7. The number of hydrogen-bond acceptors (Lipinski definition) is 3. The van der Waals surface area contributed by atoms with Crippen LogP contribution in [-0.2, 0) is 14.4 Å². The topological polar surface area (TPSA) is 86.7 Å². The van der Waals surface area contributed by atoms with Crippen molar-refractivity contribution in [3.8, 4) is 0 Å². The van der Waals surface area contributed by atoms with Gasteiger partial charge in [-0.15, -0.1) is 0 Å². The molecule has 0 aromatic heterocycles. The largest absolute Gasteiger partial charge is 0.481 e. The van der Waals surface area contributed by atoms with Crippen molar-refractivity contribution in [1.29, 1.82) is 0 Å².